The predicted molar refractivity (Wildman–Crippen MR) is 58.2 cm³/mol. The summed E-state index contributed by atoms with van der Waals surface area (Å²) in [7, 11) is 0. The molecule has 78 valence electrons. The Hall–Kier alpha value is -0.740. The first-order valence-electron chi connectivity index (χ1n) is 4.41. The van der Waals surface area contributed by atoms with E-state index >= 15 is 0 Å². The number of nitrogens with one attached hydrogen (secondary N) is 1. The zero-order chi connectivity index (χ0) is 10.4. The summed E-state index contributed by atoms with van der Waals surface area (Å²) in [6.07, 6.45) is 2.04. The minimum absolute atomic E-state index is 0.294. The molecule has 0 heterocycles. The molecule has 4 heteroatoms. The van der Waals surface area contributed by atoms with E-state index in [-0.39, 0.29) is 5.75 Å². The molecule has 1 rings (SSSR count). The molecule has 0 aliphatic carbocycles. The molecule has 0 bridgehead atoms. The van der Waals surface area contributed by atoms with E-state index in [0.717, 1.165) is 17.9 Å². The average Bonchev–Trinajstić information content (AvgIpc) is 2.18. The van der Waals surface area contributed by atoms with Gasteiger partial charge < -0.3 is 10.4 Å². The summed E-state index contributed by atoms with van der Waals surface area (Å²) in [5.74, 6) is 0.188. The molecule has 0 fully saturated rings. The van der Waals surface area contributed by atoms with Crippen LogP contribution in [0.5, 0.6) is 5.75 Å². The van der Waals surface area contributed by atoms with Crippen LogP contribution in [-0.2, 0) is 6.54 Å². The van der Waals surface area contributed by atoms with Crippen molar-refractivity contribution >= 4 is 11.8 Å². The molecule has 0 amide bonds. The third-order valence-corrected chi connectivity index (χ3v) is 2.44. The maximum Gasteiger partial charge on any atom is 0.165 e. The van der Waals surface area contributed by atoms with Gasteiger partial charge in [-0.25, -0.2) is 4.39 Å². The molecule has 0 aromatic heterocycles. The Balaban J connectivity index is 2.39. The number of thioether (sulfide) groups is 1. The van der Waals surface area contributed by atoms with Gasteiger partial charge in [-0.3, -0.25) is 0 Å². The highest BCUT2D eigenvalue weighted by atomic mass is 32.2. The standard InChI is InChI=1S/C10H14FNOS/c1-14-5-4-12-7-8-2-3-10(13)9(11)6-8/h2-3,6,12-13H,4-5,7H2,1H3. The molecule has 0 unspecified atom stereocenters. The van der Waals surface area contributed by atoms with Crippen molar-refractivity contribution in [3.8, 4) is 5.75 Å². The van der Waals surface area contributed by atoms with E-state index in [1.54, 1.807) is 17.8 Å². The van der Waals surface area contributed by atoms with Crippen molar-refractivity contribution in [3.63, 3.8) is 0 Å². The summed E-state index contributed by atoms with van der Waals surface area (Å²) in [5, 5.41) is 12.1. The van der Waals surface area contributed by atoms with Crippen LogP contribution in [-0.4, -0.2) is 23.7 Å². The van der Waals surface area contributed by atoms with E-state index in [9.17, 15) is 4.39 Å². The fourth-order valence-corrected chi connectivity index (χ4v) is 1.42. The molecule has 14 heavy (non-hydrogen) atoms. The largest absolute Gasteiger partial charge is 0.505 e. The molecular weight excluding hydrogens is 201 g/mol. The van der Waals surface area contributed by atoms with E-state index in [1.807, 2.05) is 6.26 Å². The first kappa shape index (κ1) is 11.3. The molecule has 0 radical (unpaired) electrons. The SMILES string of the molecule is CSCCNCc1ccc(O)c(F)c1. The number of rotatable bonds is 5. The molecule has 1 aromatic rings. The number of phenols is 1. The number of hydrogen-bond donors (Lipinski definition) is 2. The fraction of sp³-hybridized carbons (Fsp3) is 0.400. The average molecular weight is 215 g/mol. The van der Waals surface area contributed by atoms with Crippen LogP contribution in [0, 0.1) is 5.82 Å². The van der Waals surface area contributed by atoms with Crippen molar-refractivity contribution < 1.29 is 9.50 Å². The highest BCUT2D eigenvalue weighted by Crippen LogP contribution is 2.15. The quantitative estimate of drug-likeness (QED) is 0.737. The van der Waals surface area contributed by atoms with Gasteiger partial charge in [0.15, 0.2) is 11.6 Å². The second-order valence-electron chi connectivity index (χ2n) is 2.96. The number of aromatic hydroxyl groups is 1. The van der Waals surface area contributed by atoms with Crippen LogP contribution in [0.2, 0.25) is 0 Å². The van der Waals surface area contributed by atoms with Crippen LogP contribution >= 0.6 is 11.8 Å². The number of halogens is 1. The third-order valence-electron chi connectivity index (χ3n) is 1.82. The Morgan fingerprint density at radius 3 is 2.93 bits per heavy atom. The van der Waals surface area contributed by atoms with E-state index in [1.165, 1.54) is 12.1 Å². The number of hydrogen-bond acceptors (Lipinski definition) is 3. The van der Waals surface area contributed by atoms with Gasteiger partial charge in [0.1, 0.15) is 0 Å². The van der Waals surface area contributed by atoms with Crippen LogP contribution in [0.25, 0.3) is 0 Å². The highest BCUT2D eigenvalue weighted by molar-refractivity contribution is 7.98. The van der Waals surface area contributed by atoms with Crippen molar-refractivity contribution in [3.05, 3.63) is 29.6 Å². The van der Waals surface area contributed by atoms with Gasteiger partial charge in [0.05, 0.1) is 0 Å². The van der Waals surface area contributed by atoms with Gasteiger partial charge in [-0.1, -0.05) is 6.07 Å². The Kier molecular flexibility index (Phi) is 4.76. The van der Waals surface area contributed by atoms with Gasteiger partial charge in [0.25, 0.3) is 0 Å². The van der Waals surface area contributed by atoms with Crippen LogP contribution in [0.15, 0.2) is 18.2 Å². The summed E-state index contributed by atoms with van der Waals surface area (Å²) >= 11 is 1.77. The summed E-state index contributed by atoms with van der Waals surface area (Å²) in [6.45, 7) is 1.54. The van der Waals surface area contributed by atoms with Crippen molar-refractivity contribution in [2.24, 2.45) is 0 Å². The van der Waals surface area contributed by atoms with Gasteiger partial charge in [-0.05, 0) is 24.0 Å². The fourth-order valence-electron chi connectivity index (χ4n) is 1.07. The first-order chi connectivity index (χ1) is 6.74. The Morgan fingerprint density at radius 2 is 2.29 bits per heavy atom. The van der Waals surface area contributed by atoms with E-state index in [0.29, 0.717) is 6.54 Å². The second kappa shape index (κ2) is 5.88. The second-order valence-corrected chi connectivity index (χ2v) is 3.94. The lowest BCUT2D eigenvalue weighted by molar-refractivity contribution is 0.431. The molecule has 0 aliphatic rings. The molecular formula is C10H14FNOS. The monoisotopic (exact) mass is 215 g/mol. The Morgan fingerprint density at radius 1 is 1.50 bits per heavy atom. The van der Waals surface area contributed by atoms with Crippen LogP contribution < -0.4 is 5.32 Å². The van der Waals surface area contributed by atoms with Gasteiger partial charge >= 0.3 is 0 Å². The highest BCUT2D eigenvalue weighted by Gasteiger charge is 2.00. The van der Waals surface area contributed by atoms with E-state index in [2.05, 4.69) is 5.32 Å². The lowest BCUT2D eigenvalue weighted by Gasteiger charge is -2.04. The molecule has 2 N–H and O–H groups in total. The maximum atomic E-state index is 12.9. The molecule has 0 spiro atoms. The Bertz CT molecular complexity index is 293. The van der Waals surface area contributed by atoms with Crippen LogP contribution in [0.3, 0.4) is 0 Å². The smallest absolute Gasteiger partial charge is 0.165 e. The Labute approximate surface area is 87.5 Å². The number of phenolic OH excluding ortho intramolecular Hbond substituents is 1. The maximum absolute atomic E-state index is 12.9. The van der Waals surface area contributed by atoms with Gasteiger partial charge in [0, 0.05) is 18.8 Å². The molecule has 0 saturated carbocycles. The molecule has 0 saturated heterocycles. The van der Waals surface area contributed by atoms with Crippen LogP contribution in [0.1, 0.15) is 5.56 Å². The molecule has 1 aromatic carbocycles. The zero-order valence-electron chi connectivity index (χ0n) is 8.09. The summed E-state index contributed by atoms with van der Waals surface area (Å²) in [4.78, 5) is 0. The first-order valence-corrected chi connectivity index (χ1v) is 5.80. The lowest BCUT2D eigenvalue weighted by atomic mass is 10.2. The van der Waals surface area contributed by atoms with Crippen molar-refractivity contribution in [1.82, 2.24) is 5.32 Å². The minimum Gasteiger partial charge on any atom is -0.505 e. The minimum atomic E-state index is -0.561. The normalized spacial score (nSPS) is 10.4. The van der Waals surface area contributed by atoms with E-state index in [4.69, 9.17) is 5.11 Å². The summed E-state index contributed by atoms with van der Waals surface area (Å²) < 4.78 is 12.9. The molecule has 0 aliphatic heterocycles. The van der Waals surface area contributed by atoms with E-state index < -0.39 is 5.82 Å². The van der Waals surface area contributed by atoms with Gasteiger partial charge in [0.2, 0.25) is 0 Å². The molecule has 0 atom stereocenters. The van der Waals surface area contributed by atoms with Gasteiger partial charge in [-0.2, -0.15) is 11.8 Å². The zero-order valence-corrected chi connectivity index (χ0v) is 8.90. The lowest BCUT2D eigenvalue weighted by Crippen LogP contribution is -2.16. The summed E-state index contributed by atoms with van der Waals surface area (Å²) in [5.41, 5.74) is 0.849. The third kappa shape index (κ3) is 3.55. The number of benzene rings is 1. The topological polar surface area (TPSA) is 32.3 Å². The van der Waals surface area contributed by atoms with Gasteiger partial charge in [-0.15, -0.1) is 0 Å². The molecule has 2 nitrogen and oxygen atoms in total. The van der Waals surface area contributed by atoms with Crippen LogP contribution in [0.4, 0.5) is 4.39 Å². The van der Waals surface area contributed by atoms with Crippen molar-refractivity contribution in [1.29, 1.82) is 0 Å². The summed E-state index contributed by atoms with van der Waals surface area (Å²) in [6, 6.07) is 4.44. The van der Waals surface area contributed by atoms with Crippen molar-refractivity contribution in [2.45, 2.75) is 6.54 Å². The predicted octanol–water partition coefficient (Wildman–Crippen LogP) is 1.98. The van der Waals surface area contributed by atoms with Crippen molar-refractivity contribution in [2.75, 3.05) is 18.6 Å².